The third kappa shape index (κ3) is 2.09. The van der Waals surface area contributed by atoms with Crippen LogP contribution in [0, 0.1) is 5.92 Å². The number of ketones is 1. The Balaban J connectivity index is 2.22. The predicted molar refractivity (Wildman–Crippen MR) is 64.1 cm³/mol. The number of aliphatic hydroxyl groups is 1. The molecule has 0 aliphatic carbocycles. The SMILES string of the molecule is C=CC(C)C1(O)C(=O)O[C@H]([C@@H]2COC(C)(C)O2)C1=O. The van der Waals surface area contributed by atoms with Gasteiger partial charge in [0.2, 0.25) is 11.4 Å². The highest BCUT2D eigenvalue weighted by Crippen LogP contribution is 2.35. The minimum Gasteiger partial charge on any atom is -0.449 e. The Morgan fingerprint density at radius 1 is 1.47 bits per heavy atom. The number of hydrogen-bond donors (Lipinski definition) is 1. The van der Waals surface area contributed by atoms with Crippen LogP contribution in [0.1, 0.15) is 20.8 Å². The van der Waals surface area contributed by atoms with E-state index < -0.39 is 41.3 Å². The number of rotatable bonds is 3. The molecule has 4 atom stereocenters. The summed E-state index contributed by atoms with van der Waals surface area (Å²) in [6.45, 7) is 8.56. The molecule has 0 saturated carbocycles. The molecule has 0 radical (unpaired) electrons. The standard InChI is InChI=1S/C13H18O6/c1-5-7(2)13(16)10(14)9(18-11(13)15)8-6-17-12(3,4)19-8/h5,7-9,16H,1,6H2,2-4H3/t7?,8-,9+,13?/m0/s1. The number of cyclic esters (lactones) is 1. The van der Waals surface area contributed by atoms with Crippen molar-refractivity contribution in [1.82, 2.24) is 0 Å². The molecule has 2 saturated heterocycles. The van der Waals surface area contributed by atoms with Crippen molar-refractivity contribution in [2.24, 2.45) is 5.92 Å². The molecule has 0 spiro atoms. The minimum atomic E-state index is -2.18. The van der Waals surface area contributed by atoms with Crippen LogP contribution in [0.4, 0.5) is 0 Å². The fraction of sp³-hybridized carbons (Fsp3) is 0.692. The smallest absolute Gasteiger partial charge is 0.347 e. The average Bonchev–Trinajstić information content (AvgIpc) is 2.81. The van der Waals surface area contributed by atoms with Crippen molar-refractivity contribution in [1.29, 1.82) is 0 Å². The Morgan fingerprint density at radius 3 is 2.58 bits per heavy atom. The first-order valence-corrected chi connectivity index (χ1v) is 6.14. The first-order chi connectivity index (χ1) is 8.72. The van der Waals surface area contributed by atoms with Gasteiger partial charge in [0.25, 0.3) is 0 Å². The van der Waals surface area contributed by atoms with E-state index in [0.29, 0.717) is 0 Å². The van der Waals surface area contributed by atoms with Crippen molar-refractivity contribution in [3.8, 4) is 0 Å². The van der Waals surface area contributed by atoms with Gasteiger partial charge in [0.1, 0.15) is 6.10 Å². The molecule has 0 amide bonds. The number of ether oxygens (including phenoxy) is 3. The summed E-state index contributed by atoms with van der Waals surface area (Å²) in [5, 5.41) is 10.3. The maximum Gasteiger partial charge on any atom is 0.347 e. The fourth-order valence-corrected chi connectivity index (χ4v) is 2.27. The molecule has 2 fully saturated rings. The van der Waals surface area contributed by atoms with Crippen molar-refractivity contribution < 1.29 is 28.9 Å². The highest BCUT2D eigenvalue weighted by molar-refractivity contribution is 6.14. The van der Waals surface area contributed by atoms with Crippen molar-refractivity contribution >= 4 is 11.8 Å². The van der Waals surface area contributed by atoms with Gasteiger partial charge in [-0.3, -0.25) is 4.79 Å². The zero-order valence-corrected chi connectivity index (χ0v) is 11.2. The molecule has 19 heavy (non-hydrogen) atoms. The van der Waals surface area contributed by atoms with Gasteiger partial charge >= 0.3 is 5.97 Å². The monoisotopic (exact) mass is 270 g/mol. The lowest BCUT2D eigenvalue weighted by Crippen LogP contribution is -2.49. The molecule has 0 aromatic rings. The first-order valence-electron chi connectivity index (χ1n) is 6.14. The highest BCUT2D eigenvalue weighted by atomic mass is 16.8. The van der Waals surface area contributed by atoms with E-state index in [1.54, 1.807) is 13.8 Å². The normalized spacial score (nSPS) is 39.2. The van der Waals surface area contributed by atoms with Gasteiger partial charge in [-0.1, -0.05) is 13.0 Å². The summed E-state index contributed by atoms with van der Waals surface area (Å²) in [5.74, 6) is -3.21. The lowest BCUT2D eigenvalue weighted by molar-refractivity contribution is -0.166. The van der Waals surface area contributed by atoms with Gasteiger partial charge in [0.15, 0.2) is 11.9 Å². The lowest BCUT2D eigenvalue weighted by atomic mass is 9.84. The van der Waals surface area contributed by atoms with Gasteiger partial charge < -0.3 is 19.3 Å². The van der Waals surface area contributed by atoms with Crippen LogP contribution in [-0.2, 0) is 23.8 Å². The predicted octanol–water partition coefficient (Wildman–Crippen LogP) is 0.186. The third-order valence-corrected chi connectivity index (χ3v) is 3.56. The van der Waals surface area contributed by atoms with Gasteiger partial charge in [-0.2, -0.15) is 0 Å². The third-order valence-electron chi connectivity index (χ3n) is 3.56. The molecule has 2 aliphatic rings. The summed E-state index contributed by atoms with van der Waals surface area (Å²) in [7, 11) is 0. The number of hydrogen-bond acceptors (Lipinski definition) is 6. The van der Waals surface area contributed by atoms with Crippen molar-refractivity contribution in [3.63, 3.8) is 0 Å². The topological polar surface area (TPSA) is 82.1 Å². The van der Waals surface area contributed by atoms with E-state index in [0.717, 1.165) is 0 Å². The second-order valence-electron chi connectivity index (χ2n) is 5.35. The molecule has 2 unspecified atom stereocenters. The molecular weight excluding hydrogens is 252 g/mol. The van der Waals surface area contributed by atoms with Gasteiger partial charge in [0, 0.05) is 5.92 Å². The fourth-order valence-electron chi connectivity index (χ4n) is 2.27. The number of carbonyl (C=O) groups excluding carboxylic acids is 2. The maximum atomic E-state index is 12.3. The Morgan fingerprint density at radius 2 is 2.11 bits per heavy atom. The van der Waals surface area contributed by atoms with Crippen molar-refractivity contribution in [2.75, 3.05) is 6.61 Å². The largest absolute Gasteiger partial charge is 0.449 e. The maximum absolute atomic E-state index is 12.3. The van der Waals surface area contributed by atoms with Crippen LogP contribution in [-0.4, -0.2) is 47.1 Å². The van der Waals surface area contributed by atoms with E-state index in [1.807, 2.05) is 0 Å². The van der Waals surface area contributed by atoms with Crippen molar-refractivity contribution in [3.05, 3.63) is 12.7 Å². The number of carbonyl (C=O) groups is 2. The summed E-state index contributed by atoms with van der Waals surface area (Å²) in [4.78, 5) is 24.1. The van der Waals surface area contributed by atoms with Gasteiger partial charge in [0.05, 0.1) is 6.61 Å². The molecule has 0 aromatic heterocycles. The Labute approximate surface area is 111 Å². The second-order valence-corrected chi connectivity index (χ2v) is 5.35. The van der Waals surface area contributed by atoms with Gasteiger partial charge in [-0.15, -0.1) is 6.58 Å². The Bertz CT molecular complexity index is 429. The van der Waals surface area contributed by atoms with Crippen LogP contribution in [0.5, 0.6) is 0 Å². The molecule has 106 valence electrons. The number of esters is 1. The Kier molecular flexibility index (Phi) is 3.28. The molecule has 6 nitrogen and oxygen atoms in total. The van der Waals surface area contributed by atoms with Gasteiger partial charge in [-0.25, -0.2) is 4.79 Å². The summed E-state index contributed by atoms with van der Waals surface area (Å²) in [6, 6.07) is 0. The van der Waals surface area contributed by atoms with E-state index in [4.69, 9.17) is 14.2 Å². The van der Waals surface area contributed by atoms with E-state index in [9.17, 15) is 14.7 Å². The molecule has 2 heterocycles. The zero-order chi connectivity index (χ0) is 14.4. The summed E-state index contributed by atoms with van der Waals surface area (Å²) in [5.41, 5.74) is -2.18. The molecule has 6 heteroatoms. The van der Waals surface area contributed by atoms with E-state index in [2.05, 4.69) is 6.58 Å². The molecule has 0 aromatic carbocycles. The van der Waals surface area contributed by atoms with Crippen LogP contribution in [0.3, 0.4) is 0 Å². The van der Waals surface area contributed by atoms with Crippen LogP contribution < -0.4 is 0 Å². The molecule has 1 N–H and O–H groups in total. The van der Waals surface area contributed by atoms with E-state index >= 15 is 0 Å². The first kappa shape index (κ1) is 14.2. The lowest BCUT2D eigenvalue weighted by Gasteiger charge is -2.22. The summed E-state index contributed by atoms with van der Waals surface area (Å²) < 4.78 is 15.8. The Hall–Kier alpha value is -1.24. The molecular formula is C13H18O6. The average molecular weight is 270 g/mol. The zero-order valence-electron chi connectivity index (χ0n) is 11.2. The second kappa shape index (κ2) is 4.40. The van der Waals surface area contributed by atoms with Crippen molar-refractivity contribution in [2.45, 2.75) is 44.4 Å². The van der Waals surface area contributed by atoms with E-state index in [-0.39, 0.29) is 6.61 Å². The summed E-state index contributed by atoms with van der Waals surface area (Å²) in [6.07, 6.45) is -0.489. The van der Waals surface area contributed by atoms with Gasteiger partial charge in [-0.05, 0) is 13.8 Å². The number of Topliss-reactive ketones (excluding diaryl/α,β-unsaturated/α-hetero) is 1. The van der Waals surface area contributed by atoms with Crippen LogP contribution in [0.15, 0.2) is 12.7 Å². The summed E-state index contributed by atoms with van der Waals surface area (Å²) >= 11 is 0. The molecule has 0 bridgehead atoms. The van der Waals surface area contributed by atoms with Crippen LogP contribution in [0.2, 0.25) is 0 Å². The quantitative estimate of drug-likeness (QED) is 0.448. The van der Waals surface area contributed by atoms with Crippen LogP contribution in [0.25, 0.3) is 0 Å². The minimum absolute atomic E-state index is 0.134. The molecule has 2 aliphatic heterocycles. The highest BCUT2D eigenvalue weighted by Gasteiger charge is 2.62. The van der Waals surface area contributed by atoms with E-state index in [1.165, 1.54) is 13.0 Å². The molecule has 2 rings (SSSR count). The van der Waals surface area contributed by atoms with Crippen LogP contribution >= 0.6 is 0 Å².